The Bertz CT molecular complexity index is 101. The van der Waals surface area contributed by atoms with E-state index in [2.05, 4.69) is 24.6 Å². The third kappa shape index (κ3) is 2.46. The molecule has 2 nitrogen and oxygen atoms in total. The number of hydrogen-bond acceptors (Lipinski definition) is 2. The van der Waals surface area contributed by atoms with Gasteiger partial charge >= 0.3 is 0 Å². The molecule has 0 saturated carbocycles. The molecule has 1 rings (SSSR count). The summed E-state index contributed by atoms with van der Waals surface area (Å²) in [5, 5.41) is 6.76. The zero-order chi connectivity index (χ0) is 8.86. The van der Waals surface area contributed by atoms with Crippen LogP contribution in [-0.4, -0.2) is 26.7 Å². The van der Waals surface area contributed by atoms with Crippen molar-refractivity contribution in [2.45, 2.75) is 32.6 Å². The zero-order valence-electron chi connectivity index (χ0n) is 8.45. The van der Waals surface area contributed by atoms with Crippen molar-refractivity contribution in [3.05, 3.63) is 0 Å². The van der Waals surface area contributed by atoms with E-state index in [1.165, 1.54) is 45.3 Å². The van der Waals surface area contributed by atoms with Gasteiger partial charge in [-0.3, -0.25) is 0 Å². The summed E-state index contributed by atoms with van der Waals surface area (Å²) in [7, 11) is 2.07. The van der Waals surface area contributed by atoms with Gasteiger partial charge < -0.3 is 10.6 Å². The molecule has 12 heavy (non-hydrogen) atoms. The molecular weight excluding hydrogens is 148 g/mol. The lowest BCUT2D eigenvalue weighted by Crippen LogP contribution is -2.42. The van der Waals surface area contributed by atoms with E-state index in [-0.39, 0.29) is 0 Å². The quantitative estimate of drug-likeness (QED) is 0.666. The van der Waals surface area contributed by atoms with Gasteiger partial charge in [0.2, 0.25) is 0 Å². The molecule has 1 fully saturated rings. The Labute approximate surface area is 76.1 Å². The lowest BCUT2D eigenvalue weighted by atomic mass is 9.75. The summed E-state index contributed by atoms with van der Waals surface area (Å²) in [6, 6.07) is 0. The van der Waals surface area contributed by atoms with Gasteiger partial charge in [0.25, 0.3) is 0 Å². The van der Waals surface area contributed by atoms with Crippen LogP contribution in [0.3, 0.4) is 0 Å². The average Bonchev–Trinajstić information content (AvgIpc) is 2.07. The molecule has 0 amide bonds. The topological polar surface area (TPSA) is 24.1 Å². The van der Waals surface area contributed by atoms with Crippen LogP contribution < -0.4 is 10.6 Å². The summed E-state index contributed by atoms with van der Waals surface area (Å²) in [4.78, 5) is 0. The normalized spacial score (nSPS) is 22.5. The molecule has 0 bridgehead atoms. The van der Waals surface area contributed by atoms with Crippen molar-refractivity contribution in [3.63, 3.8) is 0 Å². The Balaban J connectivity index is 2.44. The van der Waals surface area contributed by atoms with Gasteiger partial charge in [-0.1, -0.05) is 13.3 Å². The Morgan fingerprint density at radius 1 is 1.33 bits per heavy atom. The summed E-state index contributed by atoms with van der Waals surface area (Å²) >= 11 is 0. The summed E-state index contributed by atoms with van der Waals surface area (Å²) in [6.07, 6.45) is 5.40. The summed E-state index contributed by atoms with van der Waals surface area (Å²) in [5.74, 6) is 0. The van der Waals surface area contributed by atoms with Crippen molar-refractivity contribution in [2.24, 2.45) is 5.41 Å². The first-order valence-corrected chi connectivity index (χ1v) is 5.18. The van der Waals surface area contributed by atoms with Crippen molar-refractivity contribution in [1.29, 1.82) is 0 Å². The second-order valence-electron chi connectivity index (χ2n) is 4.03. The molecule has 0 unspecified atom stereocenters. The minimum atomic E-state index is 0.606. The molecule has 72 valence electrons. The Morgan fingerprint density at radius 3 is 2.50 bits per heavy atom. The fourth-order valence-electron chi connectivity index (χ4n) is 2.38. The lowest BCUT2D eigenvalue weighted by Gasteiger charge is -2.37. The summed E-state index contributed by atoms with van der Waals surface area (Å²) in [6.45, 7) is 5.91. The monoisotopic (exact) mass is 170 g/mol. The number of piperidine rings is 1. The van der Waals surface area contributed by atoms with Gasteiger partial charge in [0.15, 0.2) is 0 Å². The fraction of sp³-hybridized carbons (Fsp3) is 1.00. The van der Waals surface area contributed by atoms with Crippen molar-refractivity contribution in [1.82, 2.24) is 10.6 Å². The van der Waals surface area contributed by atoms with Gasteiger partial charge in [-0.15, -0.1) is 0 Å². The SMILES string of the molecule is CCCC1(CNC)CCNCC1. The third-order valence-electron chi connectivity index (χ3n) is 3.00. The van der Waals surface area contributed by atoms with Gasteiger partial charge in [0, 0.05) is 6.54 Å². The molecule has 2 N–H and O–H groups in total. The number of hydrogen-bond donors (Lipinski definition) is 2. The first kappa shape index (κ1) is 10.0. The van der Waals surface area contributed by atoms with Crippen LogP contribution in [0.1, 0.15) is 32.6 Å². The van der Waals surface area contributed by atoms with Gasteiger partial charge in [-0.25, -0.2) is 0 Å². The second kappa shape index (κ2) is 4.83. The highest BCUT2D eigenvalue weighted by Gasteiger charge is 2.29. The highest BCUT2D eigenvalue weighted by atomic mass is 14.9. The van der Waals surface area contributed by atoms with Crippen LogP contribution in [0.25, 0.3) is 0 Å². The van der Waals surface area contributed by atoms with Gasteiger partial charge in [-0.05, 0) is 44.8 Å². The Kier molecular flexibility index (Phi) is 4.02. The van der Waals surface area contributed by atoms with Gasteiger partial charge in [-0.2, -0.15) is 0 Å². The fourth-order valence-corrected chi connectivity index (χ4v) is 2.38. The Morgan fingerprint density at radius 2 is 2.00 bits per heavy atom. The van der Waals surface area contributed by atoms with Crippen LogP contribution >= 0.6 is 0 Å². The molecule has 0 atom stereocenters. The smallest absolute Gasteiger partial charge is 0.000575 e. The predicted octanol–water partition coefficient (Wildman–Crippen LogP) is 1.38. The average molecular weight is 170 g/mol. The van der Waals surface area contributed by atoms with Crippen LogP contribution in [0, 0.1) is 5.41 Å². The molecule has 1 saturated heterocycles. The van der Waals surface area contributed by atoms with Crippen LogP contribution in [0.15, 0.2) is 0 Å². The van der Waals surface area contributed by atoms with E-state index in [0.29, 0.717) is 5.41 Å². The molecular formula is C10H22N2. The van der Waals surface area contributed by atoms with Crippen LogP contribution in [0.5, 0.6) is 0 Å². The number of rotatable bonds is 4. The zero-order valence-corrected chi connectivity index (χ0v) is 8.45. The first-order valence-electron chi connectivity index (χ1n) is 5.18. The van der Waals surface area contributed by atoms with E-state index in [9.17, 15) is 0 Å². The van der Waals surface area contributed by atoms with E-state index < -0.39 is 0 Å². The lowest BCUT2D eigenvalue weighted by molar-refractivity contribution is 0.180. The second-order valence-corrected chi connectivity index (χ2v) is 4.03. The van der Waals surface area contributed by atoms with E-state index in [4.69, 9.17) is 0 Å². The minimum Gasteiger partial charge on any atom is -0.319 e. The van der Waals surface area contributed by atoms with Crippen molar-refractivity contribution in [2.75, 3.05) is 26.7 Å². The predicted molar refractivity (Wildman–Crippen MR) is 53.4 cm³/mol. The van der Waals surface area contributed by atoms with E-state index in [1.807, 2.05) is 0 Å². The number of nitrogens with one attached hydrogen (secondary N) is 2. The Hall–Kier alpha value is -0.0800. The third-order valence-corrected chi connectivity index (χ3v) is 3.00. The molecule has 0 aromatic heterocycles. The van der Waals surface area contributed by atoms with Crippen LogP contribution in [0.4, 0.5) is 0 Å². The largest absolute Gasteiger partial charge is 0.319 e. The van der Waals surface area contributed by atoms with E-state index >= 15 is 0 Å². The molecule has 0 spiro atoms. The molecule has 2 heteroatoms. The molecule has 0 aromatic carbocycles. The maximum absolute atomic E-state index is 3.43. The van der Waals surface area contributed by atoms with Gasteiger partial charge in [0.05, 0.1) is 0 Å². The molecule has 1 aliphatic heterocycles. The van der Waals surface area contributed by atoms with E-state index in [0.717, 1.165) is 0 Å². The van der Waals surface area contributed by atoms with Crippen molar-refractivity contribution >= 4 is 0 Å². The standard InChI is InChI=1S/C10H22N2/c1-3-4-10(9-11-2)5-7-12-8-6-10/h11-12H,3-9H2,1-2H3. The van der Waals surface area contributed by atoms with Gasteiger partial charge in [0.1, 0.15) is 0 Å². The highest BCUT2D eigenvalue weighted by Crippen LogP contribution is 2.32. The van der Waals surface area contributed by atoms with E-state index in [1.54, 1.807) is 0 Å². The maximum Gasteiger partial charge on any atom is 0.000575 e. The molecule has 0 radical (unpaired) electrons. The first-order chi connectivity index (χ1) is 5.83. The summed E-state index contributed by atoms with van der Waals surface area (Å²) < 4.78 is 0. The highest BCUT2D eigenvalue weighted by molar-refractivity contribution is 4.85. The molecule has 0 aromatic rings. The van der Waals surface area contributed by atoms with Crippen molar-refractivity contribution in [3.8, 4) is 0 Å². The maximum atomic E-state index is 3.43. The molecule has 1 heterocycles. The molecule has 1 aliphatic rings. The summed E-state index contributed by atoms with van der Waals surface area (Å²) in [5.41, 5.74) is 0.606. The van der Waals surface area contributed by atoms with Crippen LogP contribution in [0.2, 0.25) is 0 Å². The minimum absolute atomic E-state index is 0.606. The molecule has 0 aliphatic carbocycles. The van der Waals surface area contributed by atoms with Crippen LogP contribution in [-0.2, 0) is 0 Å². The van der Waals surface area contributed by atoms with Crippen molar-refractivity contribution < 1.29 is 0 Å².